The molecule has 1 aromatic carbocycles. The highest BCUT2D eigenvalue weighted by Crippen LogP contribution is 2.26. The fraction of sp³-hybridized carbons (Fsp3) is 0.417. The smallest absolute Gasteiger partial charge is 0.310 e. The van der Waals surface area contributed by atoms with Crippen molar-refractivity contribution in [2.45, 2.75) is 20.3 Å². The number of carbonyl (C=O) groups is 1. The number of esters is 1. The molecule has 0 fully saturated rings. The molecular weight excluding hydrogens is 211 g/mol. The maximum atomic E-state index is 13.2. The zero-order valence-electron chi connectivity index (χ0n) is 9.67. The topological polar surface area (TPSA) is 35.5 Å². The van der Waals surface area contributed by atoms with Crippen LogP contribution in [0, 0.1) is 12.7 Å². The number of benzene rings is 1. The third-order valence-corrected chi connectivity index (χ3v) is 2.27. The van der Waals surface area contributed by atoms with E-state index in [9.17, 15) is 9.18 Å². The fourth-order valence-corrected chi connectivity index (χ4v) is 1.51. The van der Waals surface area contributed by atoms with Crippen molar-refractivity contribution in [3.8, 4) is 5.75 Å². The Hall–Kier alpha value is -1.58. The molecule has 0 bridgehead atoms. The Morgan fingerprint density at radius 1 is 1.44 bits per heavy atom. The zero-order valence-corrected chi connectivity index (χ0v) is 9.67. The minimum absolute atomic E-state index is 0.0954. The lowest BCUT2D eigenvalue weighted by molar-refractivity contribution is -0.142. The average molecular weight is 226 g/mol. The van der Waals surface area contributed by atoms with Gasteiger partial charge in [-0.25, -0.2) is 4.39 Å². The predicted octanol–water partition coefficient (Wildman–Crippen LogP) is 2.25. The Morgan fingerprint density at radius 3 is 2.69 bits per heavy atom. The van der Waals surface area contributed by atoms with Gasteiger partial charge in [-0.1, -0.05) is 6.07 Å². The van der Waals surface area contributed by atoms with Gasteiger partial charge in [0, 0.05) is 11.1 Å². The molecular formula is C12H15FO3. The summed E-state index contributed by atoms with van der Waals surface area (Å²) < 4.78 is 23.2. The molecule has 0 unspecified atom stereocenters. The molecule has 0 radical (unpaired) electrons. The van der Waals surface area contributed by atoms with Crippen molar-refractivity contribution >= 4 is 5.97 Å². The zero-order chi connectivity index (χ0) is 12.1. The Bertz CT molecular complexity index is 388. The van der Waals surface area contributed by atoms with Crippen molar-refractivity contribution in [2.75, 3.05) is 13.7 Å². The first-order chi connectivity index (χ1) is 7.60. The quantitative estimate of drug-likeness (QED) is 0.739. The van der Waals surface area contributed by atoms with Gasteiger partial charge in [-0.05, 0) is 19.9 Å². The average Bonchev–Trinajstić information content (AvgIpc) is 2.24. The van der Waals surface area contributed by atoms with Crippen molar-refractivity contribution in [1.29, 1.82) is 0 Å². The molecule has 1 aromatic rings. The molecule has 0 amide bonds. The van der Waals surface area contributed by atoms with E-state index in [0.717, 1.165) is 0 Å². The number of ether oxygens (including phenoxy) is 2. The van der Waals surface area contributed by atoms with Gasteiger partial charge in [-0.2, -0.15) is 0 Å². The second kappa shape index (κ2) is 5.49. The summed E-state index contributed by atoms with van der Waals surface area (Å²) in [5, 5.41) is 0. The van der Waals surface area contributed by atoms with Gasteiger partial charge in [-0.3, -0.25) is 4.79 Å². The first-order valence-corrected chi connectivity index (χ1v) is 5.07. The van der Waals surface area contributed by atoms with Crippen LogP contribution in [-0.2, 0) is 16.0 Å². The van der Waals surface area contributed by atoms with E-state index >= 15 is 0 Å². The summed E-state index contributed by atoms with van der Waals surface area (Å²) in [7, 11) is 1.45. The number of carbonyl (C=O) groups excluding carboxylic acids is 1. The van der Waals surface area contributed by atoms with Crippen molar-refractivity contribution < 1.29 is 18.7 Å². The second-order valence-corrected chi connectivity index (χ2v) is 3.35. The van der Waals surface area contributed by atoms with E-state index in [1.54, 1.807) is 13.8 Å². The van der Waals surface area contributed by atoms with E-state index < -0.39 is 0 Å². The molecule has 3 nitrogen and oxygen atoms in total. The highest BCUT2D eigenvalue weighted by Gasteiger charge is 2.13. The van der Waals surface area contributed by atoms with Gasteiger partial charge in [0.25, 0.3) is 0 Å². The molecule has 16 heavy (non-hydrogen) atoms. The van der Waals surface area contributed by atoms with E-state index in [2.05, 4.69) is 0 Å². The van der Waals surface area contributed by atoms with Crippen LogP contribution in [0.5, 0.6) is 5.75 Å². The summed E-state index contributed by atoms with van der Waals surface area (Å²) >= 11 is 0. The number of hydrogen-bond acceptors (Lipinski definition) is 3. The molecule has 0 saturated carbocycles. The summed E-state index contributed by atoms with van der Waals surface area (Å²) in [6.45, 7) is 3.69. The summed E-state index contributed by atoms with van der Waals surface area (Å²) in [5.41, 5.74) is 1.05. The van der Waals surface area contributed by atoms with Gasteiger partial charge in [0.1, 0.15) is 11.6 Å². The van der Waals surface area contributed by atoms with Crippen molar-refractivity contribution in [3.05, 3.63) is 29.1 Å². The highest BCUT2D eigenvalue weighted by atomic mass is 19.1. The van der Waals surface area contributed by atoms with Gasteiger partial charge >= 0.3 is 5.97 Å². The molecule has 0 aliphatic heterocycles. The summed E-state index contributed by atoms with van der Waals surface area (Å²) in [6, 6.07) is 2.87. The largest absolute Gasteiger partial charge is 0.496 e. The van der Waals surface area contributed by atoms with Gasteiger partial charge in [0.05, 0.1) is 20.1 Å². The minimum atomic E-state index is -0.343. The Kier molecular flexibility index (Phi) is 4.28. The normalized spacial score (nSPS) is 10.0. The van der Waals surface area contributed by atoms with Gasteiger partial charge in [-0.15, -0.1) is 0 Å². The summed E-state index contributed by atoms with van der Waals surface area (Å²) in [6.07, 6.45) is 0.0954. The molecule has 0 N–H and O–H groups in total. The molecule has 0 saturated heterocycles. The SMILES string of the molecule is CCOC(=O)Cc1ccc(F)c(C)c1OC. The van der Waals surface area contributed by atoms with Crippen LogP contribution in [0.25, 0.3) is 0 Å². The van der Waals surface area contributed by atoms with E-state index in [1.807, 2.05) is 0 Å². The van der Waals surface area contributed by atoms with Gasteiger partial charge in [0.2, 0.25) is 0 Å². The number of halogens is 1. The van der Waals surface area contributed by atoms with Crippen LogP contribution in [0.3, 0.4) is 0 Å². The monoisotopic (exact) mass is 226 g/mol. The van der Waals surface area contributed by atoms with E-state index in [0.29, 0.717) is 23.5 Å². The summed E-state index contributed by atoms with van der Waals surface area (Å²) in [5.74, 6) is -0.274. The number of hydrogen-bond donors (Lipinski definition) is 0. The predicted molar refractivity (Wildman–Crippen MR) is 58.0 cm³/mol. The third-order valence-electron chi connectivity index (χ3n) is 2.27. The highest BCUT2D eigenvalue weighted by molar-refractivity contribution is 5.73. The van der Waals surface area contributed by atoms with E-state index in [-0.39, 0.29) is 18.2 Å². The Morgan fingerprint density at radius 2 is 2.12 bits per heavy atom. The first kappa shape index (κ1) is 12.5. The van der Waals surface area contributed by atoms with Crippen LogP contribution >= 0.6 is 0 Å². The molecule has 1 rings (SSSR count). The van der Waals surface area contributed by atoms with Crippen LogP contribution in [0.15, 0.2) is 12.1 Å². The van der Waals surface area contributed by atoms with Gasteiger partial charge in [0.15, 0.2) is 0 Å². The van der Waals surface area contributed by atoms with Crippen LogP contribution < -0.4 is 4.74 Å². The Balaban J connectivity index is 2.96. The molecule has 0 atom stereocenters. The molecule has 4 heteroatoms. The van der Waals surface area contributed by atoms with Gasteiger partial charge < -0.3 is 9.47 Å². The Labute approximate surface area is 94.2 Å². The second-order valence-electron chi connectivity index (χ2n) is 3.35. The lowest BCUT2D eigenvalue weighted by Crippen LogP contribution is -2.09. The molecule has 0 heterocycles. The number of rotatable bonds is 4. The molecule has 0 aromatic heterocycles. The van der Waals surface area contributed by atoms with Crippen LogP contribution in [0.4, 0.5) is 4.39 Å². The number of methoxy groups -OCH3 is 1. The molecule has 0 spiro atoms. The lowest BCUT2D eigenvalue weighted by Gasteiger charge is -2.11. The minimum Gasteiger partial charge on any atom is -0.496 e. The maximum Gasteiger partial charge on any atom is 0.310 e. The van der Waals surface area contributed by atoms with E-state index in [1.165, 1.54) is 19.2 Å². The summed E-state index contributed by atoms with van der Waals surface area (Å²) in [4.78, 5) is 11.3. The molecule has 88 valence electrons. The lowest BCUT2D eigenvalue weighted by atomic mass is 10.1. The van der Waals surface area contributed by atoms with Crippen LogP contribution in [0.1, 0.15) is 18.1 Å². The fourth-order valence-electron chi connectivity index (χ4n) is 1.51. The van der Waals surface area contributed by atoms with Crippen LogP contribution in [-0.4, -0.2) is 19.7 Å². The van der Waals surface area contributed by atoms with Crippen LogP contribution in [0.2, 0.25) is 0 Å². The molecule has 0 aliphatic carbocycles. The van der Waals surface area contributed by atoms with E-state index in [4.69, 9.17) is 9.47 Å². The third kappa shape index (κ3) is 2.72. The van der Waals surface area contributed by atoms with Crippen molar-refractivity contribution in [3.63, 3.8) is 0 Å². The standard InChI is InChI=1S/C12H15FO3/c1-4-16-11(14)7-9-5-6-10(13)8(2)12(9)15-3/h5-6H,4,7H2,1-3H3. The maximum absolute atomic E-state index is 13.2. The van der Waals surface area contributed by atoms with Crippen molar-refractivity contribution in [1.82, 2.24) is 0 Å². The van der Waals surface area contributed by atoms with Crippen molar-refractivity contribution in [2.24, 2.45) is 0 Å². The molecule has 0 aliphatic rings. The first-order valence-electron chi connectivity index (χ1n) is 5.07.